The molecule has 2 fully saturated rings. The van der Waals surface area contributed by atoms with E-state index in [0.717, 1.165) is 60.9 Å². The second-order valence-corrected chi connectivity index (χ2v) is 18.5. The molecule has 2 amide bonds. The lowest BCUT2D eigenvalue weighted by Crippen LogP contribution is -2.70. The van der Waals surface area contributed by atoms with E-state index >= 15 is 0 Å². The SMILES string of the molecule is C=CCO[C@@]12Oc3ccc(OC(=O)NCc4ccccc4)cc3[C@H]3[C@H](CCCCO)[C@@H](CCCCO)C=C(C(=NOC(C)(C)C)C[C@@H]1N(CCC)C(=O)CCC1CCCC1)[C@H]32. The number of rotatable bonds is 21. The number of aliphatic hydroxyl groups excluding tert-OH is 2. The molecule has 11 heteroatoms. The van der Waals surface area contributed by atoms with Crippen LogP contribution in [0.15, 0.2) is 78.0 Å². The number of allylic oxidation sites excluding steroid dienone is 1. The van der Waals surface area contributed by atoms with Gasteiger partial charge in [-0.1, -0.05) is 93.1 Å². The van der Waals surface area contributed by atoms with Crippen LogP contribution in [-0.2, 0) is 20.9 Å². The van der Waals surface area contributed by atoms with E-state index in [4.69, 9.17) is 24.2 Å². The Labute approximate surface area is 363 Å². The number of oxime groups is 1. The molecule has 2 aromatic carbocycles. The van der Waals surface area contributed by atoms with Crippen LogP contribution >= 0.6 is 0 Å². The van der Waals surface area contributed by atoms with Gasteiger partial charge in [0.05, 0.1) is 18.2 Å². The molecule has 3 aliphatic carbocycles. The van der Waals surface area contributed by atoms with Crippen LogP contribution < -0.4 is 14.8 Å². The number of hydrogen-bond acceptors (Lipinski definition) is 9. The van der Waals surface area contributed by atoms with E-state index in [1.165, 1.54) is 25.7 Å². The zero-order chi connectivity index (χ0) is 43.4. The predicted octanol–water partition coefficient (Wildman–Crippen LogP) is 9.62. The molecule has 6 rings (SSSR count). The summed E-state index contributed by atoms with van der Waals surface area (Å²) in [5.74, 6) is -0.167. The number of aliphatic hydroxyl groups is 2. The lowest BCUT2D eigenvalue weighted by atomic mass is 9.55. The summed E-state index contributed by atoms with van der Waals surface area (Å²) in [7, 11) is 0. The van der Waals surface area contributed by atoms with E-state index in [-0.39, 0.29) is 43.5 Å². The van der Waals surface area contributed by atoms with Gasteiger partial charge in [-0.3, -0.25) is 4.79 Å². The van der Waals surface area contributed by atoms with Gasteiger partial charge >= 0.3 is 6.09 Å². The highest BCUT2D eigenvalue weighted by molar-refractivity contribution is 6.03. The van der Waals surface area contributed by atoms with Gasteiger partial charge in [0.15, 0.2) is 0 Å². The smallest absolute Gasteiger partial charge is 0.412 e. The summed E-state index contributed by atoms with van der Waals surface area (Å²) in [6.45, 7) is 13.4. The normalized spacial score (nSPS) is 25.2. The summed E-state index contributed by atoms with van der Waals surface area (Å²) in [5.41, 5.74) is 3.05. The van der Waals surface area contributed by atoms with E-state index in [1.807, 2.05) is 68.1 Å². The molecule has 6 atom stereocenters. The zero-order valence-electron chi connectivity index (χ0n) is 37.1. The van der Waals surface area contributed by atoms with Crippen molar-refractivity contribution in [1.82, 2.24) is 10.2 Å². The third-order valence-corrected chi connectivity index (χ3v) is 13.0. The van der Waals surface area contributed by atoms with Crippen LogP contribution in [0.4, 0.5) is 4.79 Å². The van der Waals surface area contributed by atoms with E-state index in [9.17, 15) is 19.8 Å². The van der Waals surface area contributed by atoms with E-state index in [0.29, 0.717) is 56.2 Å². The summed E-state index contributed by atoms with van der Waals surface area (Å²) in [4.78, 5) is 36.3. The molecule has 11 nitrogen and oxygen atoms in total. The van der Waals surface area contributed by atoms with Crippen molar-refractivity contribution in [2.75, 3.05) is 26.4 Å². The largest absolute Gasteiger partial charge is 0.459 e. The molecular formula is C50H71N3O8. The Hall–Kier alpha value is -4.19. The predicted molar refractivity (Wildman–Crippen MR) is 238 cm³/mol. The first-order chi connectivity index (χ1) is 29.5. The Morgan fingerprint density at radius 2 is 1.75 bits per heavy atom. The molecule has 2 aromatic rings. The highest BCUT2D eigenvalue weighted by Gasteiger charge is 2.65. The lowest BCUT2D eigenvalue weighted by molar-refractivity contribution is -0.257. The molecule has 0 aromatic heterocycles. The third kappa shape index (κ3) is 11.4. The van der Waals surface area contributed by atoms with Crippen LogP contribution in [0.1, 0.15) is 135 Å². The van der Waals surface area contributed by atoms with Crippen LogP contribution in [0, 0.1) is 23.7 Å². The zero-order valence-corrected chi connectivity index (χ0v) is 37.1. The first kappa shape index (κ1) is 46.3. The first-order valence-electron chi connectivity index (χ1n) is 23.1. The monoisotopic (exact) mass is 842 g/mol. The van der Waals surface area contributed by atoms with Gasteiger partial charge in [0.2, 0.25) is 11.7 Å². The third-order valence-electron chi connectivity index (χ3n) is 13.0. The minimum Gasteiger partial charge on any atom is -0.459 e. The number of nitrogens with one attached hydrogen (secondary N) is 1. The molecule has 0 saturated heterocycles. The Balaban J connectivity index is 1.51. The molecule has 61 heavy (non-hydrogen) atoms. The van der Waals surface area contributed by atoms with Crippen LogP contribution in [-0.4, -0.2) is 76.6 Å². The highest BCUT2D eigenvalue weighted by Crippen LogP contribution is 2.62. The summed E-state index contributed by atoms with van der Waals surface area (Å²) in [6, 6.07) is 14.7. The quantitative estimate of drug-likeness (QED) is 0.0642. The molecule has 0 bridgehead atoms. The van der Waals surface area contributed by atoms with Crippen molar-refractivity contribution in [3.05, 3.63) is 84.0 Å². The van der Waals surface area contributed by atoms with Crippen LogP contribution in [0.5, 0.6) is 11.5 Å². The minimum atomic E-state index is -1.32. The topological polar surface area (TPSA) is 139 Å². The number of nitrogens with zero attached hydrogens (tertiary/aromatic N) is 2. The van der Waals surface area contributed by atoms with Crippen LogP contribution in [0.25, 0.3) is 0 Å². The van der Waals surface area contributed by atoms with Gasteiger partial charge in [0.1, 0.15) is 23.1 Å². The van der Waals surface area contributed by atoms with Gasteiger partial charge < -0.3 is 39.5 Å². The fourth-order valence-electron chi connectivity index (χ4n) is 10.3. The average Bonchev–Trinajstić information content (AvgIpc) is 3.78. The Kier molecular flexibility index (Phi) is 16.5. The van der Waals surface area contributed by atoms with Crippen molar-refractivity contribution in [3.63, 3.8) is 0 Å². The molecule has 2 saturated carbocycles. The fraction of sp³-hybridized carbons (Fsp3) is 0.620. The molecular weight excluding hydrogens is 771 g/mol. The summed E-state index contributed by atoms with van der Waals surface area (Å²) in [6.07, 6.45) is 15.4. The summed E-state index contributed by atoms with van der Waals surface area (Å²) >= 11 is 0. The minimum absolute atomic E-state index is 0.0525. The Morgan fingerprint density at radius 3 is 2.44 bits per heavy atom. The van der Waals surface area contributed by atoms with Crippen molar-refractivity contribution in [1.29, 1.82) is 0 Å². The number of fused-ring (bicyclic) bond motifs is 2. The number of benzene rings is 2. The van der Waals surface area contributed by atoms with E-state index < -0.39 is 29.4 Å². The number of carbonyl (C=O) groups is 2. The number of amides is 2. The van der Waals surface area contributed by atoms with Crippen LogP contribution in [0.3, 0.4) is 0 Å². The number of carbonyl (C=O) groups excluding carboxylic acids is 2. The van der Waals surface area contributed by atoms with Crippen molar-refractivity contribution in [2.45, 2.75) is 147 Å². The number of unbranched alkanes of at least 4 members (excludes halogenated alkanes) is 2. The average molecular weight is 842 g/mol. The molecule has 0 radical (unpaired) electrons. The maximum atomic E-state index is 14.7. The van der Waals surface area contributed by atoms with E-state index in [1.54, 1.807) is 12.1 Å². The van der Waals surface area contributed by atoms with E-state index in [2.05, 4.69) is 24.9 Å². The number of ether oxygens (including phenoxy) is 3. The molecule has 0 unspecified atom stereocenters. The second-order valence-electron chi connectivity index (χ2n) is 18.5. The van der Waals surface area contributed by atoms with Gasteiger partial charge in [0, 0.05) is 50.6 Å². The van der Waals surface area contributed by atoms with Crippen molar-refractivity contribution < 1.29 is 38.9 Å². The molecule has 1 aliphatic heterocycles. The first-order valence-corrected chi connectivity index (χ1v) is 23.1. The van der Waals surface area contributed by atoms with Gasteiger partial charge in [-0.15, -0.1) is 6.58 Å². The summed E-state index contributed by atoms with van der Waals surface area (Å²) in [5, 5.41) is 27.7. The molecule has 1 heterocycles. The van der Waals surface area contributed by atoms with Crippen molar-refractivity contribution in [2.24, 2.45) is 28.8 Å². The van der Waals surface area contributed by atoms with Gasteiger partial charge in [0.25, 0.3) is 0 Å². The molecule has 4 aliphatic rings. The van der Waals surface area contributed by atoms with Gasteiger partial charge in [-0.2, -0.15) is 0 Å². The maximum absolute atomic E-state index is 14.7. The van der Waals surface area contributed by atoms with Crippen LogP contribution in [0.2, 0.25) is 0 Å². The van der Waals surface area contributed by atoms with Gasteiger partial charge in [-0.05, 0) is 106 Å². The molecule has 0 spiro atoms. The Bertz CT molecular complexity index is 1820. The maximum Gasteiger partial charge on any atom is 0.412 e. The standard InChI is InChI=1S/C50H71N3O8/c1-6-27-53(45(56)26-23-35-17-11-12-18-35)44-33-42(52-61-49(3,4)5)40-31-37(21-13-15-28-54)39(22-14-16-29-55)46-41-32-38(59-48(57)51-34-36-19-9-8-10-20-36)24-25-43(41)60-50(44,47(40)46)58-30-7-2/h7-10,19-20,24-25,31-32,35,37,39,44,46-47,54-55H,2,6,11-18,21-23,26-30,33-34H2,1,3-5H3,(H,51,57)/t37-,39+,44-,46+,47+,50+/m0/s1. The molecule has 3 N–H and O–H groups in total. The Morgan fingerprint density at radius 1 is 1.02 bits per heavy atom. The van der Waals surface area contributed by atoms with Gasteiger partial charge in [-0.25, -0.2) is 4.79 Å². The fourth-order valence-corrected chi connectivity index (χ4v) is 10.3. The highest BCUT2D eigenvalue weighted by atomic mass is 16.7. The van der Waals surface area contributed by atoms with Crippen molar-refractivity contribution >= 4 is 17.7 Å². The van der Waals surface area contributed by atoms with Crippen molar-refractivity contribution in [3.8, 4) is 11.5 Å². The number of hydrogen-bond donors (Lipinski definition) is 3. The lowest BCUT2D eigenvalue weighted by Gasteiger charge is -2.60. The molecule has 334 valence electrons. The second kappa shape index (κ2) is 21.7. The summed E-state index contributed by atoms with van der Waals surface area (Å²) < 4.78 is 20.5.